The Hall–Kier alpha value is -1.68. The van der Waals surface area contributed by atoms with Gasteiger partial charge in [0.1, 0.15) is 0 Å². The number of hydrogen-bond acceptors (Lipinski definition) is 3. The number of benzene rings is 2. The topological polar surface area (TPSA) is 30.5 Å². The van der Waals surface area contributed by atoms with Crippen LogP contribution in [0.2, 0.25) is 0 Å². The molecule has 4 rings (SSSR count). The zero-order valence-corrected chi connectivity index (χ0v) is 14.0. The first kappa shape index (κ1) is 15.8. The molecule has 1 spiro atoms. The van der Waals surface area contributed by atoms with Crippen LogP contribution in [-0.2, 0) is 21.6 Å². The maximum Gasteiger partial charge on any atom is 0.168 e. The molecular formula is C21H25NO2. The van der Waals surface area contributed by atoms with Crippen molar-refractivity contribution in [3.05, 3.63) is 71.8 Å². The summed E-state index contributed by atoms with van der Waals surface area (Å²) in [4.78, 5) is 0. The van der Waals surface area contributed by atoms with Gasteiger partial charge in [0, 0.05) is 24.9 Å². The Morgan fingerprint density at radius 3 is 1.96 bits per heavy atom. The van der Waals surface area contributed by atoms with Gasteiger partial charge in [0.05, 0.1) is 13.2 Å². The maximum atomic E-state index is 5.92. The lowest BCUT2D eigenvalue weighted by Gasteiger charge is -2.45. The van der Waals surface area contributed by atoms with Crippen molar-refractivity contribution in [2.45, 2.75) is 43.6 Å². The van der Waals surface area contributed by atoms with Gasteiger partial charge < -0.3 is 14.8 Å². The summed E-state index contributed by atoms with van der Waals surface area (Å²) in [6.45, 7) is 2.34. The zero-order chi connectivity index (χ0) is 16.3. The van der Waals surface area contributed by atoms with Crippen molar-refractivity contribution in [2.24, 2.45) is 0 Å². The predicted octanol–water partition coefficient (Wildman–Crippen LogP) is 3.99. The normalized spacial score (nSPS) is 21.8. The summed E-state index contributed by atoms with van der Waals surface area (Å²) in [7, 11) is 0. The summed E-state index contributed by atoms with van der Waals surface area (Å²) in [5, 5.41) is 3.86. The van der Waals surface area contributed by atoms with Crippen LogP contribution in [0, 0.1) is 0 Å². The standard InChI is InChI=1S/C21H25NO2/c1-3-7-18(8-4-1)17-22-20(19-9-5-2-6-10-19)11-13-21(14-12-20)23-15-16-24-21/h1-10,22H,11-17H2. The lowest BCUT2D eigenvalue weighted by Crippen LogP contribution is -2.49. The number of nitrogens with one attached hydrogen (secondary N) is 1. The van der Waals surface area contributed by atoms with Crippen molar-refractivity contribution >= 4 is 0 Å². The SMILES string of the molecule is c1ccc(CNC2(c3ccccc3)CCC3(CC2)OCCO3)cc1. The van der Waals surface area contributed by atoms with Crippen LogP contribution in [0.15, 0.2) is 60.7 Å². The van der Waals surface area contributed by atoms with Crippen LogP contribution in [-0.4, -0.2) is 19.0 Å². The van der Waals surface area contributed by atoms with Crippen LogP contribution >= 0.6 is 0 Å². The quantitative estimate of drug-likeness (QED) is 0.923. The first-order valence-corrected chi connectivity index (χ1v) is 8.93. The van der Waals surface area contributed by atoms with Crippen molar-refractivity contribution in [1.82, 2.24) is 5.32 Å². The van der Waals surface area contributed by atoms with E-state index in [0.29, 0.717) is 0 Å². The lowest BCUT2D eigenvalue weighted by atomic mass is 9.74. The monoisotopic (exact) mass is 323 g/mol. The van der Waals surface area contributed by atoms with Gasteiger partial charge in [0.15, 0.2) is 5.79 Å². The molecule has 126 valence electrons. The second kappa shape index (κ2) is 6.67. The van der Waals surface area contributed by atoms with Gasteiger partial charge >= 0.3 is 0 Å². The van der Waals surface area contributed by atoms with E-state index in [1.165, 1.54) is 11.1 Å². The average molecular weight is 323 g/mol. The van der Waals surface area contributed by atoms with Crippen LogP contribution in [0.1, 0.15) is 36.8 Å². The van der Waals surface area contributed by atoms with E-state index >= 15 is 0 Å². The molecule has 0 aromatic heterocycles. The third-order valence-corrected chi connectivity index (χ3v) is 5.48. The molecule has 0 amide bonds. The van der Waals surface area contributed by atoms with Gasteiger partial charge in [-0.1, -0.05) is 60.7 Å². The fourth-order valence-electron chi connectivity index (χ4n) is 4.04. The second-order valence-electron chi connectivity index (χ2n) is 6.89. The third-order valence-electron chi connectivity index (χ3n) is 5.48. The number of ether oxygens (including phenoxy) is 2. The molecule has 1 aliphatic carbocycles. The van der Waals surface area contributed by atoms with Gasteiger partial charge in [-0.15, -0.1) is 0 Å². The molecule has 2 aromatic rings. The molecule has 0 bridgehead atoms. The fraction of sp³-hybridized carbons (Fsp3) is 0.429. The van der Waals surface area contributed by atoms with E-state index in [1.807, 2.05) is 0 Å². The van der Waals surface area contributed by atoms with Crippen molar-refractivity contribution in [3.63, 3.8) is 0 Å². The maximum absolute atomic E-state index is 5.92. The predicted molar refractivity (Wildman–Crippen MR) is 94.5 cm³/mol. The molecule has 1 N–H and O–H groups in total. The van der Waals surface area contributed by atoms with Gasteiger partial charge in [-0.2, -0.15) is 0 Å². The zero-order valence-electron chi connectivity index (χ0n) is 14.0. The molecule has 2 fully saturated rings. The van der Waals surface area contributed by atoms with E-state index in [9.17, 15) is 0 Å². The molecule has 1 saturated heterocycles. The van der Waals surface area contributed by atoms with Crippen molar-refractivity contribution in [3.8, 4) is 0 Å². The summed E-state index contributed by atoms with van der Waals surface area (Å²) in [5.41, 5.74) is 2.69. The highest BCUT2D eigenvalue weighted by Crippen LogP contribution is 2.45. The number of hydrogen-bond donors (Lipinski definition) is 1. The molecule has 0 radical (unpaired) electrons. The Morgan fingerprint density at radius 1 is 0.750 bits per heavy atom. The van der Waals surface area contributed by atoms with Gasteiger partial charge in [-0.3, -0.25) is 0 Å². The molecule has 1 aliphatic heterocycles. The van der Waals surface area contributed by atoms with E-state index in [1.54, 1.807) is 0 Å². The Labute approximate surface area is 144 Å². The van der Waals surface area contributed by atoms with E-state index in [-0.39, 0.29) is 11.3 Å². The Balaban J connectivity index is 1.54. The largest absolute Gasteiger partial charge is 0.348 e. The Kier molecular flexibility index (Phi) is 4.40. The molecule has 1 heterocycles. The molecule has 3 nitrogen and oxygen atoms in total. The first-order valence-electron chi connectivity index (χ1n) is 8.93. The molecule has 0 atom stereocenters. The average Bonchev–Trinajstić information content (AvgIpc) is 3.12. The molecule has 3 heteroatoms. The second-order valence-corrected chi connectivity index (χ2v) is 6.89. The van der Waals surface area contributed by atoms with E-state index < -0.39 is 0 Å². The molecule has 0 unspecified atom stereocenters. The van der Waals surface area contributed by atoms with Gasteiger partial charge in [0.2, 0.25) is 0 Å². The van der Waals surface area contributed by atoms with Crippen LogP contribution in [0.5, 0.6) is 0 Å². The van der Waals surface area contributed by atoms with Gasteiger partial charge in [-0.05, 0) is 24.0 Å². The first-order chi connectivity index (χ1) is 11.8. The summed E-state index contributed by atoms with van der Waals surface area (Å²) in [6.07, 6.45) is 3.96. The van der Waals surface area contributed by atoms with Crippen LogP contribution < -0.4 is 5.32 Å². The smallest absolute Gasteiger partial charge is 0.168 e. The fourth-order valence-corrected chi connectivity index (χ4v) is 4.04. The highest BCUT2D eigenvalue weighted by Gasteiger charge is 2.46. The molecule has 2 aromatic carbocycles. The minimum atomic E-state index is -0.327. The molecular weight excluding hydrogens is 298 g/mol. The van der Waals surface area contributed by atoms with E-state index in [4.69, 9.17) is 9.47 Å². The number of rotatable bonds is 4. The van der Waals surface area contributed by atoms with E-state index in [2.05, 4.69) is 66.0 Å². The summed E-state index contributed by atoms with van der Waals surface area (Å²) >= 11 is 0. The third kappa shape index (κ3) is 3.12. The molecule has 1 saturated carbocycles. The van der Waals surface area contributed by atoms with Gasteiger partial charge in [-0.25, -0.2) is 0 Å². The minimum absolute atomic E-state index is 0.00232. The summed E-state index contributed by atoms with van der Waals surface area (Å²) < 4.78 is 11.8. The van der Waals surface area contributed by atoms with Crippen molar-refractivity contribution in [2.75, 3.05) is 13.2 Å². The summed E-state index contributed by atoms with van der Waals surface area (Å²) in [5.74, 6) is -0.327. The van der Waals surface area contributed by atoms with Gasteiger partial charge in [0.25, 0.3) is 0 Å². The molecule has 2 aliphatic rings. The highest BCUT2D eigenvalue weighted by molar-refractivity contribution is 5.26. The minimum Gasteiger partial charge on any atom is -0.348 e. The summed E-state index contributed by atoms with van der Waals surface area (Å²) in [6, 6.07) is 21.5. The lowest BCUT2D eigenvalue weighted by molar-refractivity contribution is -0.187. The Morgan fingerprint density at radius 2 is 1.33 bits per heavy atom. The van der Waals surface area contributed by atoms with Crippen molar-refractivity contribution in [1.29, 1.82) is 0 Å². The Bertz CT molecular complexity index is 640. The van der Waals surface area contributed by atoms with Crippen LogP contribution in [0.25, 0.3) is 0 Å². The molecule has 24 heavy (non-hydrogen) atoms. The van der Waals surface area contributed by atoms with Crippen molar-refractivity contribution < 1.29 is 9.47 Å². The highest BCUT2D eigenvalue weighted by atomic mass is 16.7. The van der Waals surface area contributed by atoms with Crippen LogP contribution in [0.3, 0.4) is 0 Å². The van der Waals surface area contributed by atoms with Crippen LogP contribution in [0.4, 0.5) is 0 Å². The van der Waals surface area contributed by atoms with E-state index in [0.717, 1.165) is 45.4 Å².